The number of nitrogens with zero attached hydrogens (tertiary/aromatic N) is 2. The Balaban J connectivity index is 1.81. The van der Waals surface area contributed by atoms with Crippen molar-refractivity contribution in [2.75, 3.05) is 10.8 Å². The molecule has 0 unspecified atom stereocenters. The molecule has 10 heteroatoms. The van der Waals surface area contributed by atoms with Crippen molar-refractivity contribution >= 4 is 50.7 Å². The van der Waals surface area contributed by atoms with Crippen LogP contribution in [0.1, 0.15) is 43.9 Å². The maximum atomic E-state index is 14.6. The second-order valence-electron chi connectivity index (χ2n) is 11.1. The Morgan fingerprint density at radius 1 is 0.783 bits per heavy atom. The molecule has 4 rings (SSSR count). The third-order valence-corrected chi connectivity index (χ3v) is 10.4. The average molecular weight is 681 g/mol. The molecule has 0 aromatic heterocycles. The highest BCUT2D eigenvalue weighted by Crippen LogP contribution is 2.27. The van der Waals surface area contributed by atoms with E-state index in [0.29, 0.717) is 27.7 Å². The number of aryl methyl sites for hydroxylation is 1. The molecule has 242 valence electrons. The van der Waals surface area contributed by atoms with Gasteiger partial charge in [0.05, 0.1) is 20.6 Å². The Hall–Kier alpha value is -3.85. The second-order valence-corrected chi connectivity index (χ2v) is 13.8. The van der Waals surface area contributed by atoms with E-state index in [4.69, 9.17) is 23.2 Å². The minimum absolute atomic E-state index is 0.00482. The fourth-order valence-electron chi connectivity index (χ4n) is 4.98. The summed E-state index contributed by atoms with van der Waals surface area (Å²) in [5.74, 6) is -0.887. The number of rotatable bonds is 14. The van der Waals surface area contributed by atoms with Gasteiger partial charge in [0, 0.05) is 19.0 Å². The van der Waals surface area contributed by atoms with Gasteiger partial charge in [-0.25, -0.2) is 8.42 Å². The van der Waals surface area contributed by atoms with Gasteiger partial charge in [0.15, 0.2) is 0 Å². The number of hydrogen-bond donors (Lipinski definition) is 1. The van der Waals surface area contributed by atoms with Crippen molar-refractivity contribution in [3.8, 4) is 0 Å². The van der Waals surface area contributed by atoms with Crippen LogP contribution in [-0.4, -0.2) is 43.8 Å². The summed E-state index contributed by atoms with van der Waals surface area (Å²) in [6.45, 7) is 5.33. The van der Waals surface area contributed by atoms with E-state index >= 15 is 0 Å². The first-order valence-corrected chi connectivity index (χ1v) is 17.5. The third-order valence-electron chi connectivity index (χ3n) is 7.85. The standard InChI is InChI=1S/C36H39Cl2N3O4S/c1-4-26(3)39-36(43)34(23-28-12-8-6-9-13-28)40(24-29-18-21-32(37)33(38)22-29)35(42)25-41(30-19-16-27(5-2)17-20-30)46(44,45)31-14-10-7-11-15-31/h6-22,26,34H,4-5,23-25H2,1-3H3,(H,39,43)/t26-,34-/m0/s1. The molecule has 0 spiro atoms. The summed E-state index contributed by atoms with van der Waals surface area (Å²) in [6.07, 6.45) is 1.68. The Bertz CT molecular complexity index is 1720. The van der Waals surface area contributed by atoms with Crippen molar-refractivity contribution in [2.45, 2.75) is 63.6 Å². The highest BCUT2D eigenvalue weighted by molar-refractivity contribution is 7.92. The smallest absolute Gasteiger partial charge is 0.264 e. The summed E-state index contributed by atoms with van der Waals surface area (Å²) in [5, 5.41) is 3.69. The van der Waals surface area contributed by atoms with E-state index in [-0.39, 0.29) is 29.8 Å². The number of carbonyl (C=O) groups is 2. The largest absolute Gasteiger partial charge is 0.352 e. The third kappa shape index (κ3) is 8.90. The number of benzene rings is 4. The van der Waals surface area contributed by atoms with Gasteiger partial charge in [-0.15, -0.1) is 0 Å². The Morgan fingerprint density at radius 2 is 1.39 bits per heavy atom. The van der Waals surface area contributed by atoms with Gasteiger partial charge in [0.1, 0.15) is 12.6 Å². The van der Waals surface area contributed by atoms with Crippen LogP contribution in [0.3, 0.4) is 0 Å². The van der Waals surface area contributed by atoms with E-state index in [9.17, 15) is 18.0 Å². The molecule has 7 nitrogen and oxygen atoms in total. The normalized spacial score (nSPS) is 12.6. The molecule has 0 heterocycles. The molecule has 0 radical (unpaired) electrons. The van der Waals surface area contributed by atoms with Crippen molar-refractivity contribution < 1.29 is 18.0 Å². The molecule has 0 fully saturated rings. The molecule has 0 aliphatic rings. The number of sulfonamides is 1. The summed E-state index contributed by atoms with van der Waals surface area (Å²) in [6, 6.07) is 28.4. The van der Waals surface area contributed by atoms with Crippen LogP contribution in [0.25, 0.3) is 0 Å². The number of carbonyl (C=O) groups excluding carboxylic acids is 2. The first-order valence-electron chi connectivity index (χ1n) is 15.3. The quantitative estimate of drug-likeness (QED) is 0.151. The zero-order chi connectivity index (χ0) is 33.3. The van der Waals surface area contributed by atoms with Crippen LogP contribution < -0.4 is 9.62 Å². The Labute approximate surface area is 282 Å². The lowest BCUT2D eigenvalue weighted by Gasteiger charge is -2.34. The van der Waals surface area contributed by atoms with Crippen LogP contribution in [0.15, 0.2) is 108 Å². The Morgan fingerprint density at radius 3 is 1.98 bits per heavy atom. The summed E-state index contributed by atoms with van der Waals surface area (Å²) >= 11 is 12.5. The zero-order valence-corrected chi connectivity index (χ0v) is 28.5. The maximum absolute atomic E-state index is 14.6. The first-order chi connectivity index (χ1) is 22.0. The SMILES string of the molecule is CCc1ccc(N(CC(=O)N(Cc2ccc(Cl)c(Cl)c2)[C@@H](Cc2ccccc2)C(=O)N[C@@H](C)CC)S(=O)(=O)c2ccccc2)cc1. The van der Waals surface area contributed by atoms with Crippen molar-refractivity contribution in [1.29, 1.82) is 0 Å². The van der Waals surface area contributed by atoms with Gasteiger partial charge in [-0.1, -0.05) is 104 Å². The highest BCUT2D eigenvalue weighted by atomic mass is 35.5. The lowest BCUT2D eigenvalue weighted by molar-refractivity contribution is -0.140. The van der Waals surface area contributed by atoms with E-state index in [2.05, 4.69) is 5.32 Å². The monoisotopic (exact) mass is 679 g/mol. The van der Waals surface area contributed by atoms with E-state index < -0.39 is 28.5 Å². The molecular formula is C36H39Cl2N3O4S. The van der Waals surface area contributed by atoms with Crippen LogP contribution in [0.4, 0.5) is 5.69 Å². The topological polar surface area (TPSA) is 86.8 Å². The average Bonchev–Trinajstić information content (AvgIpc) is 3.07. The van der Waals surface area contributed by atoms with Crippen molar-refractivity contribution in [1.82, 2.24) is 10.2 Å². The molecule has 2 amide bonds. The molecule has 46 heavy (non-hydrogen) atoms. The van der Waals surface area contributed by atoms with Crippen LogP contribution >= 0.6 is 23.2 Å². The zero-order valence-electron chi connectivity index (χ0n) is 26.2. The number of amides is 2. The minimum Gasteiger partial charge on any atom is -0.352 e. The van der Waals surface area contributed by atoms with Gasteiger partial charge in [0.2, 0.25) is 11.8 Å². The maximum Gasteiger partial charge on any atom is 0.264 e. The van der Waals surface area contributed by atoms with Crippen LogP contribution in [0, 0.1) is 0 Å². The minimum atomic E-state index is -4.17. The fourth-order valence-corrected chi connectivity index (χ4v) is 6.73. The number of hydrogen-bond acceptors (Lipinski definition) is 4. The molecule has 4 aromatic carbocycles. The van der Waals surface area contributed by atoms with E-state index in [1.165, 1.54) is 17.0 Å². The number of halogens is 2. The van der Waals surface area contributed by atoms with Crippen LogP contribution in [0.2, 0.25) is 10.0 Å². The lowest BCUT2D eigenvalue weighted by atomic mass is 10.0. The van der Waals surface area contributed by atoms with Crippen LogP contribution in [0.5, 0.6) is 0 Å². The summed E-state index contributed by atoms with van der Waals surface area (Å²) in [4.78, 5) is 30.0. The number of nitrogens with one attached hydrogen (secondary N) is 1. The summed E-state index contributed by atoms with van der Waals surface area (Å²) < 4.78 is 29.3. The Kier molecular flexibility index (Phi) is 12.3. The molecule has 0 aliphatic heterocycles. The lowest BCUT2D eigenvalue weighted by Crippen LogP contribution is -2.54. The predicted molar refractivity (Wildman–Crippen MR) is 186 cm³/mol. The van der Waals surface area contributed by atoms with E-state index in [1.54, 1.807) is 48.5 Å². The van der Waals surface area contributed by atoms with Crippen LogP contribution in [-0.2, 0) is 39.0 Å². The molecule has 0 saturated heterocycles. The van der Waals surface area contributed by atoms with Gasteiger partial charge >= 0.3 is 0 Å². The van der Waals surface area contributed by atoms with Gasteiger partial charge in [0.25, 0.3) is 10.0 Å². The van der Waals surface area contributed by atoms with Gasteiger partial charge < -0.3 is 10.2 Å². The molecular weight excluding hydrogens is 641 g/mol. The summed E-state index contributed by atoms with van der Waals surface area (Å²) in [5.41, 5.74) is 2.86. The van der Waals surface area contributed by atoms with E-state index in [0.717, 1.165) is 21.9 Å². The van der Waals surface area contributed by atoms with Gasteiger partial charge in [-0.3, -0.25) is 13.9 Å². The van der Waals surface area contributed by atoms with Gasteiger partial charge in [-0.2, -0.15) is 0 Å². The molecule has 0 bridgehead atoms. The predicted octanol–water partition coefficient (Wildman–Crippen LogP) is 7.31. The molecule has 2 atom stereocenters. The molecule has 0 saturated carbocycles. The molecule has 0 aliphatic carbocycles. The summed E-state index contributed by atoms with van der Waals surface area (Å²) in [7, 11) is -4.17. The second kappa shape index (κ2) is 16.1. The van der Waals surface area contributed by atoms with Gasteiger partial charge in [-0.05, 0) is 72.9 Å². The van der Waals surface area contributed by atoms with E-state index in [1.807, 2.05) is 63.2 Å². The van der Waals surface area contributed by atoms with Crippen molar-refractivity contribution in [3.05, 3.63) is 130 Å². The van der Waals surface area contributed by atoms with Crippen molar-refractivity contribution in [2.24, 2.45) is 0 Å². The molecule has 4 aromatic rings. The number of anilines is 1. The fraction of sp³-hybridized carbons (Fsp3) is 0.278. The van der Waals surface area contributed by atoms with Crippen molar-refractivity contribution in [3.63, 3.8) is 0 Å². The molecule has 1 N–H and O–H groups in total. The highest BCUT2D eigenvalue weighted by Gasteiger charge is 2.35. The first kappa shape index (κ1) is 35.0.